The van der Waals surface area contributed by atoms with Crippen molar-refractivity contribution in [2.45, 2.75) is 52.1 Å². The molecule has 0 spiro atoms. The van der Waals surface area contributed by atoms with E-state index in [1.54, 1.807) is 23.5 Å². The van der Waals surface area contributed by atoms with Gasteiger partial charge in [-0.1, -0.05) is 20.8 Å². The van der Waals surface area contributed by atoms with Crippen molar-refractivity contribution in [1.29, 1.82) is 0 Å². The third-order valence-corrected chi connectivity index (χ3v) is 9.89. The summed E-state index contributed by atoms with van der Waals surface area (Å²) in [7, 11) is 0. The molecule has 6 atom stereocenters. The zero-order valence-corrected chi connectivity index (χ0v) is 22.8. The summed E-state index contributed by atoms with van der Waals surface area (Å²) in [5.41, 5.74) is 1.81. The predicted molar refractivity (Wildman–Crippen MR) is 144 cm³/mol. The van der Waals surface area contributed by atoms with Crippen LogP contribution in [0.2, 0.25) is 0 Å². The van der Waals surface area contributed by atoms with Gasteiger partial charge >= 0.3 is 0 Å². The smallest absolute Gasteiger partial charge is 0.223 e. The molecule has 5 rings (SSSR count). The number of hydrogen-bond donors (Lipinski definition) is 3. The Hall–Kier alpha value is -2.07. The third kappa shape index (κ3) is 5.55. The molecular weight excluding hydrogens is 491 g/mol. The first-order valence-electron chi connectivity index (χ1n) is 13.5. The highest BCUT2D eigenvalue weighted by Gasteiger charge is 2.53. The Bertz CT molecular complexity index is 1090. The molecule has 2 aromatic rings. The monoisotopic (exact) mass is 530 g/mol. The lowest BCUT2D eigenvalue weighted by molar-refractivity contribution is -0.134. The van der Waals surface area contributed by atoms with E-state index >= 15 is 0 Å². The van der Waals surface area contributed by atoms with Gasteiger partial charge in [-0.3, -0.25) is 9.69 Å². The average molecular weight is 531 g/mol. The fourth-order valence-electron chi connectivity index (χ4n) is 6.77. The molecule has 0 radical (unpaired) electrons. The first kappa shape index (κ1) is 26.5. The largest absolute Gasteiger partial charge is 0.392 e. The van der Waals surface area contributed by atoms with E-state index in [0.29, 0.717) is 6.54 Å². The third-order valence-electron chi connectivity index (χ3n) is 8.90. The fourth-order valence-corrected chi connectivity index (χ4v) is 8.06. The number of nitrogens with zero attached hydrogens (tertiary/aromatic N) is 2. The Kier molecular flexibility index (Phi) is 7.86. The number of aliphatic hydroxyl groups excluding tert-OH is 1. The second-order valence-corrected chi connectivity index (χ2v) is 12.4. The normalized spacial score (nSPS) is 30.7. The molecule has 0 bridgehead atoms. The van der Waals surface area contributed by atoms with Gasteiger partial charge in [-0.25, -0.2) is 9.37 Å². The van der Waals surface area contributed by atoms with Gasteiger partial charge < -0.3 is 20.5 Å². The Morgan fingerprint density at radius 2 is 2.05 bits per heavy atom. The van der Waals surface area contributed by atoms with E-state index in [1.807, 2.05) is 6.92 Å². The zero-order valence-electron chi connectivity index (χ0n) is 22.0. The number of thiazole rings is 1. The second kappa shape index (κ2) is 11.0. The van der Waals surface area contributed by atoms with Gasteiger partial charge in [-0.05, 0) is 60.8 Å². The quantitative estimate of drug-likeness (QED) is 0.498. The number of benzene rings is 1. The number of nitrogens with one attached hydrogen (secondary N) is 2. The highest BCUT2D eigenvalue weighted by atomic mass is 32.1. The van der Waals surface area contributed by atoms with Crippen LogP contribution >= 0.6 is 11.3 Å². The van der Waals surface area contributed by atoms with Crippen molar-refractivity contribution in [2.75, 3.05) is 44.7 Å². The number of halogens is 1. The molecule has 202 valence electrons. The van der Waals surface area contributed by atoms with Gasteiger partial charge in [0.05, 0.1) is 25.0 Å². The molecule has 1 aliphatic heterocycles. The van der Waals surface area contributed by atoms with Crippen molar-refractivity contribution < 1.29 is 19.0 Å². The van der Waals surface area contributed by atoms with E-state index in [1.165, 1.54) is 17.0 Å². The van der Waals surface area contributed by atoms with E-state index in [9.17, 15) is 14.3 Å². The summed E-state index contributed by atoms with van der Waals surface area (Å²) in [5, 5.41) is 18.9. The molecule has 7 nitrogen and oxygen atoms in total. The minimum Gasteiger partial charge on any atom is -0.392 e. The highest BCUT2D eigenvalue weighted by molar-refractivity contribution is 7.15. The lowest BCUT2D eigenvalue weighted by atomic mass is 9.53. The maximum atomic E-state index is 13.3. The molecule has 1 saturated carbocycles. The Balaban J connectivity index is 1.24. The number of carbonyl (C=O) groups excluding carboxylic acids is 1. The number of aromatic nitrogens is 1. The number of morpholine rings is 1. The average Bonchev–Trinajstić information content (AvgIpc) is 3.27. The fraction of sp³-hybridized carbons (Fsp3) is 0.643. The first-order chi connectivity index (χ1) is 17.7. The van der Waals surface area contributed by atoms with E-state index < -0.39 is 6.10 Å². The van der Waals surface area contributed by atoms with Crippen LogP contribution in [0.25, 0.3) is 0 Å². The summed E-state index contributed by atoms with van der Waals surface area (Å²) in [6.07, 6.45) is 2.14. The predicted octanol–water partition coefficient (Wildman–Crippen LogP) is 4.16. The molecule has 1 saturated heterocycles. The minimum atomic E-state index is -0.558. The van der Waals surface area contributed by atoms with Crippen LogP contribution in [0, 0.1) is 29.0 Å². The van der Waals surface area contributed by atoms with E-state index in [4.69, 9.17) is 9.72 Å². The van der Waals surface area contributed by atoms with Crippen LogP contribution in [0.1, 0.15) is 50.1 Å². The minimum absolute atomic E-state index is 0.0320. The van der Waals surface area contributed by atoms with Gasteiger partial charge in [0.25, 0.3) is 0 Å². The van der Waals surface area contributed by atoms with Crippen LogP contribution in [0.3, 0.4) is 0 Å². The van der Waals surface area contributed by atoms with E-state index in [0.717, 1.165) is 68.6 Å². The van der Waals surface area contributed by atoms with Crippen LogP contribution in [-0.2, 0) is 16.0 Å². The molecule has 9 heteroatoms. The maximum Gasteiger partial charge on any atom is 0.223 e. The van der Waals surface area contributed by atoms with Crippen molar-refractivity contribution in [3.05, 3.63) is 40.7 Å². The van der Waals surface area contributed by atoms with Crippen LogP contribution in [0.5, 0.6) is 0 Å². The number of hydrogen-bond acceptors (Lipinski definition) is 7. The van der Waals surface area contributed by atoms with Gasteiger partial charge in [0.15, 0.2) is 5.13 Å². The standard InChI is InChI=1S/C28H39FN4O3S/c1-17(26(35)30-10-11-33-12-14-36-15-13-33)21-8-9-28(3)16-22-24(18(2)23(28)25(21)34)32-27(37-22)31-20-6-4-19(29)5-7-20/h4-7,17-18,21,23,25,34H,8-16H2,1-3H3,(H,30,35)(H,31,32). The van der Waals surface area contributed by atoms with Gasteiger partial charge in [-0.2, -0.15) is 0 Å². The molecule has 1 aromatic carbocycles. The molecule has 6 unspecified atom stereocenters. The van der Waals surface area contributed by atoms with Gasteiger partial charge in [0, 0.05) is 48.6 Å². The lowest BCUT2D eigenvalue weighted by Crippen LogP contribution is -2.53. The molecule has 1 amide bonds. The topological polar surface area (TPSA) is 86.7 Å². The van der Waals surface area contributed by atoms with E-state index in [2.05, 4.69) is 29.4 Å². The molecule has 2 heterocycles. The van der Waals surface area contributed by atoms with Gasteiger partial charge in [0.1, 0.15) is 5.82 Å². The number of rotatable bonds is 7. The number of carbonyl (C=O) groups is 1. The SMILES string of the molecule is CC(C(=O)NCCN1CCOCC1)C1CCC2(C)Cc3sc(Nc4ccc(F)cc4)nc3C(C)C2C1O. The Morgan fingerprint density at radius 1 is 1.32 bits per heavy atom. The molecule has 3 aliphatic rings. The second-order valence-electron chi connectivity index (χ2n) is 11.3. The van der Waals surface area contributed by atoms with Crippen molar-refractivity contribution in [3.8, 4) is 0 Å². The summed E-state index contributed by atoms with van der Waals surface area (Å²) < 4.78 is 18.7. The van der Waals surface area contributed by atoms with Crippen molar-refractivity contribution in [3.63, 3.8) is 0 Å². The lowest BCUT2D eigenvalue weighted by Gasteiger charge is -2.53. The Labute approximate surface area is 222 Å². The Morgan fingerprint density at radius 3 is 2.78 bits per heavy atom. The molecular formula is C28H39FN4O3S. The molecule has 2 aliphatic carbocycles. The highest BCUT2D eigenvalue weighted by Crippen LogP contribution is 2.57. The molecule has 3 N–H and O–H groups in total. The van der Waals surface area contributed by atoms with Crippen molar-refractivity contribution in [1.82, 2.24) is 15.2 Å². The van der Waals surface area contributed by atoms with Crippen molar-refractivity contribution >= 4 is 28.1 Å². The van der Waals surface area contributed by atoms with E-state index in [-0.39, 0.29) is 40.8 Å². The first-order valence-corrected chi connectivity index (χ1v) is 14.3. The van der Waals surface area contributed by atoms with Gasteiger partial charge in [0.2, 0.25) is 5.91 Å². The number of aliphatic hydroxyl groups is 1. The van der Waals surface area contributed by atoms with Crippen LogP contribution in [0.15, 0.2) is 24.3 Å². The maximum absolute atomic E-state index is 13.3. The summed E-state index contributed by atoms with van der Waals surface area (Å²) in [4.78, 5) is 21.5. The van der Waals surface area contributed by atoms with Crippen LogP contribution in [0.4, 0.5) is 15.2 Å². The number of anilines is 2. The molecule has 2 fully saturated rings. The summed E-state index contributed by atoms with van der Waals surface area (Å²) in [5.74, 6) is -0.418. The summed E-state index contributed by atoms with van der Waals surface area (Å²) in [6, 6.07) is 6.29. The number of ether oxygens (including phenoxy) is 1. The van der Waals surface area contributed by atoms with Crippen LogP contribution < -0.4 is 10.6 Å². The number of amides is 1. The zero-order chi connectivity index (χ0) is 26.2. The molecule has 1 aromatic heterocycles. The molecule has 37 heavy (non-hydrogen) atoms. The number of fused-ring (bicyclic) bond motifs is 2. The van der Waals surface area contributed by atoms with Crippen molar-refractivity contribution in [2.24, 2.45) is 23.2 Å². The summed E-state index contributed by atoms with van der Waals surface area (Å²) in [6.45, 7) is 11.2. The van der Waals surface area contributed by atoms with Crippen LogP contribution in [-0.4, -0.2) is 66.4 Å². The summed E-state index contributed by atoms with van der Waals surface area (Å²) >= 11 is 1.65. The van der Waals surface area contributed by atoms with Gasteiger partial charge in [-0.15, -0.1) is 11.3 Å².